The second kappa shape index (κ2) is 18.5. The van der Waals surface area contributed by atoms with E-state index in [2.05, 4.69) is 20.3 Å². The van der Waals surface area contributed by atoms with Gasteiger partial charge in [0.2, 0.25) is 11.9 Å². The second-order valence-corrected chi connectivity index (χ2v) is 16.7. The minimum Gasteiger partial charge on any atom is -0.455 e. The van der Waals surface area contributed by atoms with Gasteiger partial charge >= 0.3 is 19.7 Å². The van der Waals surface area contributed by atoms with Crippen molar-refractivity contribution in [3.63, 3.8) is 0 Å². The first-order valence-electron chi connectivity index (χ1n) is 19.3. The Bertz CT molecular complexity index is 2470. The van der Waals surface area contributed by atoms with E-state index in [1.54, 1.807) is 62.4 Å². The molecule has 60 heavy (non-hydrogen) atoms. The minimum absolute atomic E-state index is 0.0393. The van der Waals surface area contributed by atoms with Gasteiger partial charge in [0.05, 0.1) is 36.6 Å². The van der Waals surface area contributed by atoms with Gasteiger partial charge in [0.15, 0.2) is 23.5 Å². The van der Waals surface area contributed by atoms with Gasteiger partial charge in [-0.15, -0.1) is 0 Å². The predicted octanol–water partition coefficient (Wildman–Crippen LogP) is 8.20. The van der Waals surface area contributed by atoms with Crippen molar-refractivity contribution < 1.29 is 46.9 Å². The fraction of sp³-hybridized carbons (Fsp3) is 0.302. The Morgan fingerprint density at radius 2 is 1.52 bits per heavy atom. The lowest BCUT2D eigenvalue weighted by Gasteiger charge is -2.25. The number of esters is 1. The number of ether oxygens (including phenoxy) is 4. The number of hydrogen-bond donors (Lipinski definition) is 1. The molecule has 6 aromatic rings. The number of carbonyl (C=O) groups excluding carboxylic acids is 3. The molecular weight excluding hydrogens is 791 g/mol. The fourth-order valence-corrected chi connectivity index (χ4v) is 7.93. The summed E-state index contributed by atoms with van der Waals surface area (Å²) in [6.45, 7) is 4.79. The third-order valence-corrected chi connectivity index (χ3v) is 11.8. The lowest BCUT2D eigenvalue weighted by Crippen LogP contribution is -2.38. The summed E-state index contributed by atoms with van der Waals surface area (Å²) in [7, 11) is -0.908. The number of aromatic nitrogens is 4. The molecule has 1 aliphatic rings. The monoisotopic (exact) mass is 836 g/mol. The molecule has 312 valence electrons. The van der Waals surface area contributed by atoms with Crippen LogP contribution in [0.5, 0.6) is 5.88 Å². The van der Waals surface area contributed by atoms with Crippen LogP contribution in [0.2, 0.25) is 0 Å². The zero-order chi connectivity index (χ0) is 42.4. The van der Waals surface area contributed by atoms with Crippen LogP contribution in [0.4, 0.5) is 22.1 Å². The second-order valence-electron chi connectivity index (χ2n) is 14.3. The average molecular weight is 837 g/mol. The number of hydrogen-bond acceptors (Lipinski definition) is 13. The van der Waals surface area contributed by atoms with Gasteiger partial charge in [-0.2, -0.15) is 9.97 Å². The van der Waals surface area contributed by atoms with Gasteiger partial charge in [0, 0.05) is 27.1 Å². The largest absolute Gasteiger partial charge is 0.455 e. The third-order valence-electron chi connectivity index (χ3n) is 9.91. The highest BCUT2D eigenvalue weighted by Crippen LogP contribution is 2.49. The standard InChI is InChI=1S/C43H45N6O10P/c1-27(2)39(51)46-42-45-38-35(40(47-42)59-43(52)49(32-16-8-6-9-17-32)33-18-10-7-11-19-33)44-26-48(38)41-37(57-28(3)50)36(34(58-41)22-23-60(53,54-4)55-5)56-25-29-20-21-30-14-12-13-15-31(30)24-29/h6-21,24,26-27,34,36-37,41H,22-23,25H2,1-5H3,(H,45,46,47,51)/t34-,36-,37-,41-/m1/s1. The maximum Gasteiger partial charge on any atom is 0.425 e. The number of carbonyl (C=O) groups is 3. The van der Waals surface area contributed by atoms with Crippen molar-refractivity contribution >= 4 is 64.8 Å². The number of nitrogens with one attached hydrogen (secondary N) is 1. The molecule has 3 heterocycles. The molecule has 0 saturated carbocycles. The molecule has 17 heteroatoms. The molecule has 1 N–H and O–H groups in total. The van der Waals surface area contributed by atoms with Crippen LogP contribution in [0.1, 0.15) is 39.0 Å². The van der Waals surface area contributed by atoms with Crippen molar-refractivity contribution in [1.82, 2.24) is 19.5 Å². The smallest absolute Gasteiger partial charge is 0.425 e. The Morgan fingerprint density at radius 3 is 2.15 bits per heavy atom. The molecule has 7 rings (SSSR count). The average Bonchev–Trinajstić information content (AvgIpc) is 3.83. The molecule has 1 fully saturated rings. The van der Waals surface area contributed by atoms with Gasteiger partial charge < -0.3 is 28.0 Å². The van der Waals surface area contributed by atoms with E-state index in [0.717, 1.165) is 16.3 Å². The number of anilines is 3. The van der Waals surface area contributed by atoms with Gasteiger partial charge in [0.25, 0.3) is 5.88 Å². The minimum atomic E-state index is -3.51. The van der Waals surface area contributed by atoms with Gasteiger partial charge in [-0.05, 0) is 53.1 Å². The Hall–Kier alpha value is -6.03. The van der Waals surface area contributed by atoms with E-state index < -0.39 is 56.0 Å². The number of rotatable bonds is 15. The third kappa shape index (κ3) is 9.38. The van der Waals surface area contributed by atoms with Crippen molar-refractivity contribution in [2.24, 2.45) is 5.92 Å². The van der Waals surface area contributed by atoms with Gasteiger partial charge in [0.1, 0.15) is 6.10 Å². The molecule has 16 nitrogen and oxygen atoms in total. The molecule has 0 unspecified atom stereocenters. The summed E-state index contributed by atoms with van der Waals surface area (Å²) in [6.07, 6.45) is -3.32. The van der Waals surface area contributed by atoms with Crippen molar-refractivity contribution in [3.8, 4) is 5.88 Å². The van der Waals surface area contributed by atoms with E-state index in [4.69, 9.17) is 28.0 Å². The fourth-order valence-electron chi connectivity index (χ4n) is 6.85. The normalized spacial score (nSPS) is 17.8. The zero-order valence-corrected chi connectivity index (χ0v) is 34.6. The van der Waals surface area contributed by atoms with E-state index in [1.165, 1.54) is 36.9 Å². The van der Waals surface area contributed by atoms with Crippen LogP contribution >= 0.6 is 7.60 Å². The SMILES string of the molecule is COP(=O)(CC[C@H]1O[C@@H](n2cnc3c(OC(=O)N(c4ccccc4)c4ccccc4)nc(NC(=O)C(C)C)nc32)[C@H](OC(C)=O)[C@@H]1OCc1ccc2ccccc2c1)OC. The molecule has 2 amide bonds. The summed E-state index contributed by atoms with van der Waals surface area (Å²) in [6, 6.07) is 31.7. The highest BCUT2D eigenvalue weighted by atomic mass is 31.2. The van der Waals surface area contributed by atoms with E-state index in [1.807, 2.05) is 54.6 Å². The van der Waals surface area contributed by atoms with Crippen LogP contribution < -0.4 is 15.0 Å². The van der Waals surface area contributed by atoms with E-state index in [-0.39, 0.29) is 42.2 Å². The zero-order valence-electron chi connectivity index (χ0n) is 33.7. The lowest BCUT2D eigenvalue weighted by molar-refractivity contribution is -0.158. The van der Waals surface area contributed by atoms with E-state index in [9.17, 15) is 18.9 Å². The number of fused-ring (bicyclic) bond motifs is 2. The first-order valence-corrected chi connectivity index (χ1v) is 21.0. The van der Waals surface area contributed by atoms with Crippen LogP contribution in [-0.2, 0) is 44.0 Å². The molecule has 1 aliphatic heterocycles. The maximum atomic E-state index is 14.2. The molecule has 0 spiro atoms. The van der Waals surface area contributed by atoms with E-state index >= 15 is 0 Å². The first-order chi connectivity index (χ1) is 29.0. The van der Waals surface area contributed by atoms with Crippen molar-refractivity contribution in [1.29, 1.82) is 0 Å². The highest BCUT2D eigenvalue weighted by molar-refractivity contribution is 7.53. The molecule has 0 bridgehead atoms. The lowest BCUT2D eigenvalue weighted by atomic mass is 10.1. The van der Waals surface area contributed by atoms with Crippen molar-refractivity contribution in [2.75, 3.05) is 30.6 Å². The maximum absolute atomic E-state index is 14.2. The van der Waals surface area contributed by atoms with Crippen LogP contribution in [0.25, 0.3) is 21.9 Å². The molecule has 1 saturated heterocycles. The molecule has 4 aromatic carbocycles. The number of imidazole rings is 1. The van der Waals surface area contributed by atoms with Crippen molar-refractivity contribution in [2.45, 2.75) is 58.3 Å². The summed E-state index contributed by atoms with van der Waals surface area (Å²) >= 11 is 0. The van der Waals surface area contributed by atoms with Gasteiger partial charge in [-0.1, -0.05) is 86.6 Å². The Kier molecular flexibility index (Phi) is 13.0. The summed E-state index contributed by atoms with van der Waals surface area (Å²) in [4.78, 5) is 54.9. The van der Waals surface area contributed by atoms with Crippen LogP contribution in [-0.4, -0.2) is 76.2 Å². The van der Waals surface area contributed by atoms with Gasteiger partial charge in [-0.3, -0.25) is 24.0 Å². The summed E-state index contributed by atoms with van der Waals surface area (Å²) < 4.78 is 50.4. The number of amides is 2. The summed E-state index contributed by atoms with van der Waals surface area (Å²) in [5, 5.41) is 4.77. The quantitative estimate of drug-likeness (QED) is 0.0772. The molecular formula is C43H45N6O10P. The van der Waals surface area contributed by atoms with Crippen molar-refractivity contribution in [3.05, 3.63) is 115 Å². The number of nitrogens with zero attached hydrogens (tertiary/aromatic N) is 5. The predicted molar refractivity (Wildman–Crippen MR) is 223 cm³/mol. The number of benzene rings is 4. The summed E-state index contributed by atoms with van der Waals surface area (Å²) in [5.41, 5.74) is 2.02. The van der Waals surface area contributed by atoms with Gasteiger partial charge in [-0.25, -0.2) is 14.7 Å². The highest BCUT2D eigenvalue weighted by Gasteiger charge is 2.50. The Labute approximate surface area is 346 Å². The number of para-hydroxylation sites is 2. The van der Waals surface area contributed by atoms with Crippen LogP contribution in [0.3, 0.4) is 0 Å². The summed E-state index contributed by atoms with van der Waals surface area (Å²) in [5.74, 6) is -1.90. The topological polar surface area (TPSA) is 183 Å². The molecule has 0 radical (unpaired) electrons. The van der Waals surface area contributed by atoms with Crippen LogP contribution in [0.15, 0.2) is 109 Å². The molecule has 4 atom stereocenters. The Balaban J connectivity index is 1.28. The van der Waals surface area contributed by atoms with E-state index in [0.29, 0.717) is 11.4 Å². The molecule has 2 aromatic heterocycles. The Morgan fingerprint density at radius 1 is 0.867 bits per heavy atom. The first kappa shape index (κ1) is 42.1. The molecule has 0 aliphatic carbocycles. The van der Waals surface area contributed by atoms with Crippen LogP contribution in [0, 0.1) is 5.92 Å².